The lowest BCUT2D eigenvalue weighted by Crippen LogP contribution is -2.04. The maximum absolute atomic E-state index is 10.7. The largest absolute Gasteiger partial charge is 0.513 e. The van der Waals surface area contributed by atoms with E-state index in [0.29, 0.717) is 6.61 Å². The van der Waals surface area contributed by atoms with Crippen molar-refractivity contribution < 1.29 is 14.3 Å². The molecule has 0 aliphatic heterocycles. The van der Waals surface area contributed by atoms with E-state index in [1.165, 1.54) is 38.5 Å². The maximum atomic E-state index is 10.7. The van der Waals surface area contributed by atoms with E-state index >= 15 is 0 Å². The Balaban J connectivity index is 3.03. The second kappa shape index (κ2) is 12.1. The Morgan fingerprint density at radius 2 is 1.62 bits per heavy atom. The zero-order valence-electron chi connectivity index (χ0n) is 10.4. The highest BCUT2D eigenvalue weighted by Crippen LogP contribution is 2.08. The van der Waals surface area contributed by atoms with Crippen molar-refractivity contribution in [1.29, 1.82) is 0 Å². The fourth-order valence-electron chi connectivity index (χ4n) is 1.49. The number of carbonyl (C=O) groups excluding carboxylic acids is 1. The molecule has 3 heteroatoms. The summed E-state index contributed by atoms with van der Waals surface area (Å²) in [6, 6.07) is 0. The molecule has 0 aromatic heterocycles. The van der Waals surface area contributed by atoms with E-state index in [2.05, 4.69) is 18.2 Å². The van der Waals surface area contributed by atoms with Crippen LogP contribution < -0.4 is 0 Å². The van der Waals surface area contributed by atoms with E-state index in [1.807, 2.05) is 0 Å². The lowest BCUT2D eigenvalue weighted by Gasteiger charge is -2.03. The van der Waals surface area contributed by atoms with Gasteiger partial charge in [-0.3, -0.25) is 0 Å². The summed E-state index contributed by atoms with van der Waals surface area (Å²) in [6.45, 7) is 5.94. The van der Waals surface area contributed by atoms with Crippen molar-refractivity contribution in [2.24, 2.45) is 0 Å². The van der Waals surface area contributed by atoms with Crippen molar-refractivity contribution in [3.63, 3.8) is 0 Å². The quantitative estimate of drug-likeness (QED) is 0.315. The third-order valence-corrected chi connectivity index (χ3v) is 2.40. The molecule has 16 heavy (non-hydrogen) atoms. The van der Waals surface area contributed by atoms with Crippen LogP contribution in [0.15, 0.2) is 12.8 Å². The second-order valence-electron chi connectivity index (χ2n) is 3.86. The molecule has 94 valence electrons. The van der Waals surface area contributed by atoms with Gasteiger partial charge in [-0.25, -0.2) is 4.79 Å². The molecule has 0 saturated heterocycles. The number of rotatable bonds is 10. The summed E-state index contributed by atoms with van der Waals surface area (Å²) in [7, 11) is 0. The Labute approximate surface area is 98.8 Å². The predicted molar refractivity (Wildman–Crippen MR) is 65.2 cm³/mol. The molecule has 0 heterocycles. The zero-order chi connectivity index (χ0) is 12.1. The number of unbranched alkanes of at least 4 members (excludes halogenated alkanes) is 7. The summed E-state index contributed by atoms with van der Waals surface area (Å²) in [5, 5.41) is 0. The average Bonchev–Trinajstić information content (AvgIpc) is 2.27. The fraction of sp³-hybridized carbons (Fsp3) is 0.769. The predicted octanol–water partition coefficient (Wildman–Crippen LogP) is 4.42. The van der Waals surface area contributed by atoms with Gasteiger partial charge in [-0.2, -0.15) is 0 Å². The molecule has 0 amide bonds. The minimum Gasteiger partial charge on any atom is -0.434 e. The molecule has 0 aliphatic carbocycles. The first-order valence-electron chi connectivity index (χ1n) is 6.25. The van der Waals surface area contributed by atoms with Crippen LogP contribution in [0.5, 0.6) is 0 Å². The second-order valence-corrected chi connectivity index (χ2v) is 3.86. The van der Waals surface area contributed by atoms with Crippen LogP contribution in [0.2, 0.25) is 0 Å². The lowest BCUT2D eigenvalue weighted by molar-refractivity contribution is 0.0833. The van der Waals surface area contributed by atoms with Gasteiger partial charge in [0.2, 0.25) is 0 Å². The smallest absolute Gasteiger partial charge is 0.434 e. The SMILES string of the molecule is C=COC(=O)OCCCCCCCCCC. The summed E-state index contributed by atoms with van der Waals surface area (Å²) < 4.78 is 9.21. The van der Waals surface area contributed by atoms with Crippen LogP contribution in [0.4, 0.5) is 4.79 Å². The first kappa shape index (κ1) is 15.0. The highest BCUT2D eigenvalue weighted by atomic mass is 16.7. The Morgan fingerprint density at radius 1 is 1.06 bits per heavy atom. The summed E-state index contributed by atoms with van der Waals surface area (Å²) in [5.41, 5.74) is 0. The molecule has 0 N–H and O–H groups in total. The van der Waals surface area contributed by atoms with E-state index in [9.17, 15) is 4.79 Å². The Hall–Kier alpha value is -0.990. The van der Waals surface area contributed by atoms with Gasteiger partial charge in [0, 0.05) is 0 Å². The molecule has 0 aliphatic rings. The van der Waals surface area contributed by atoms with Gasteiger partial charge in [-0.15, -0.1) is 0 Å². The van der Waals surface area contributed by atoms with Gasteiger partial charge in [0.1, 0.15) is 0 Å². The minimum atomic E-state index is -0.655. The van der Waals surface area contributed by atoms with Gasteiger partial charge >= 0.3 is 6.16 Å². The van der Waals surface area contributed by atoms with E-state index < -0.39 is 6.16 Å². The first-order chi connectivity index (χ1) is 7.81. The van der Waals surface area contributed by atoms with Crippen LogP contribution >= 0.6 is 0 Å². The normalized spacial score (nSPS) is 9.81. The molecule has 0 unspecified atom stereocenters. The number of hydrogen-bond donors (Lipinski definition) is 0. The summed E-state index contributed by atoms with van der Waals surface area (Å²) in [5.74, 6) is 0. The highest BCUT2D eigenvalue weighted by Gasteiger charge is 1.99. The Bertz CT molecular complexity index is 178. The van der Waals surface area contributed by atoms with Crippen LogP contribution in [0.3, 0.4) is 0 Å². The zero-order valence-corrected chi connectivity index (χ0v) is 10.4. The molecule has 0 aromatic rings. The standard InChI is InChI=1S/C13H24O3/c1-3-5-6-7-8-9-10-11-12-16-13(14)15-4-2/h4H,2-3,5-12H2,1H3. The Morgan fingerprint density at radius 3 is 2.19 bits per heavy atom. The minimum absolute atomic E-state index is 0.446. The van der Waals surface area contributed by atoms with Gasteiger partial charge in [0.15, 0.2) is 0 Å². The molecule has 0 fully saturated rings. The van der Waals surface area contributed by atoms with Gasteiger partial charge in [0.25, 0.3) is 0 Å². The maximum Gasteiger partial charge on any atom is 0.513 e. The molecule has 0 rings (SSSR count). The van der Waals surface area contributed by atoms with Crippen molar-refractivity contribution in [3.8, 4) is 0 Å². The van der Waals surface area contributed by atoms with E-state index in [0.717, 1.165) is 19.1 Å². The van der Waals surface area contributed by atoms with Crippen molar-refractivity contribution in [2.75, 3.05) is 6.61 Å². The number of ether oxygens (including phenoxy) is 2. The third kappa shape index (κ3) is 11.1. The van der Waals surface area contributed by atoms with E-state index in [4.69, 9.17) is 4.74 Å². The van der Waals surface area contributed by atoms with Crippen LogP contribution in [-0.2, 0) is 9.47 Å². The fourth-order valence-corrected chi connectivity index (χ4v) is 1.49. The summed E-state index contributed by atoms with van der Waals surface area (Å²) in [6.07, 6.45) is 10.3. The van der Waals surface area contributed by atoms with Crippen LogP contribution in [-0.4, -0.2) is 12.8 Å². The highest BCUT2D eigenvalue weighted by molar-refractivity contribution is 5.60. The van der Waals surface area contributed by atoms with Gasteiger partial charge in [-0.05, 0) is 6.42 Å². The Kier molecular flexibility index (Phi) is 11.3. The molecular weight excluding hydrogens is 204 g/mol. The molecule has 0 aromatic carbocycles. The van der Waals surface area contributed by atoms with Gasteiger partial charge in [0.05, 0.1) is 12.9 Å². The monoisotopic (exact) mass is 228 g/mol. The summed E-state index contributed by atoms with van der Waals surface area (Å²) in [4.78, 5) is 10.7. The molecule has 3 nitrogen and oxygen atoms in total. The third-order valence-electron chi connectivity index (χ3n) is 2.40. The van der Waals surface area contributed by atoms with E-state index in [1.54, 1.807) is 0 Å². The number of hydrogen-bond acceptors (Lipinski definition) is 3. The molecule has 0 spiro atoms. The van der Waals surface area contributed by atoms with Gasteiger partial charge in [-0.1, -0.05) is 58.4 Å². The molecule has 0 radical (unpaired) electrons. The van der Waals surface area contributed by atoms with Crippen molar-refractivity contribution in [1.82, 2.24) is 0 Å². The van der Waals surface area contributed by atoms with Gasteiger partial charge < -0.3 is 9.47 Å². The summed E-state index contributed by atoms with van der Waals surface area (Å²) >= 11 is 0. The van der Waals surface area contributed by atoms with Crippen molar-refractivity contribution >= 4 is 6.16 Å². The average molecular weight is 228 g/mol. The van der Waals surface area contributed by atoms with E-state index in [-0.39, 0.29) is 0 Å². The topological polar surface area (TPSA) is 35.5 Å². The van der Waals surface area contributed by atoms with Crippen LogP contribution in [0.1, 0.15) is 58.3 Å². The first-order valence-corrected chi connectivity index (χ1v) is 6.25. The molecule has 0 bridgehead atoms. The van der Waals surface area contributed by atoms with Crippen molar-refractivity contribution in [3.05, 3.63) is 12.8 Å². The molecule has 0 atom stereocenters. The van der Waals surface area contributed by atoms with Crippen LogP contribution in [0, 0.1) is 0 Å². The van der Waals surface area contributed by atoms with Crippen LogP contribution in [0.25, 0.3) is 0 Å². The number of carbonyl (C=O) groups is 1. The molecule has 0 saturated carbocycles. The lowest BCUT2D eigenvalue weighted by atomic mass is 10.1. The molecular formula is C13H24O3. The van der Waals surface area contributed by atoms with Crippen molar-refractivity contribution in [2.45, 2.75) is 58.3 Å².